The number of sulfonamides is 1. The third-order valence-electron chi connectivity index (χ3n) is 0.406. The molecular weight excluding hydrogens is 199 g/mol. The normalized spacial score (nSPS) is 12.8. The fraction of sp³-hybridized carbons (Fsp3) is 0.667. The molecule has 0 atom stereocenters. The molecule has 0 aromatic rings. The summed E-state index contributed by atoms with van der Waals surface area (Å²) in [5.74, 6) is 0. The number of nitrogens with one attached hydrogen (secondary N) is 1. The van der Waals surface area contributed by atoms with Crippen molar-refractivity contribution in [3.63, 3.8) is 0 Å². The molecule has 0 aliphatic rings. The highest BCUT2D eigenvalue weighted by atomic mass is 35.5. The van der Waals surface area contributed by atoms with E-state index in [0.29, 0.717) is 0 Å². The minimum Gasteiger partial charge on any atom is -0.206 e. The molecule has 0 saturated heterocycles. The predicted octanol–water partition coefficient (Wildman–Crippen LogP) is 0.325. The first kappa shape index (κ1) is 10.0. The van der Waals surface area contributed by atoms with Crippen LogP contribution in [0.25, 0.3) is 0 Å². The van der Waals surface area contributed by atoms with Crippen molar-refractivity contribution in [3.05, 3.63) is 0 Å². The predicted molar refractivity (Wildman–Crippen MR) is 42.0 cm³/mol. The van der Waals surface area contributed by atoms with Crippen molar-refractivity contribution < 1.29 is 8.42 Å². The highest BCUT2D eigenvalue weighted by Gasteiger charge is 1.95. The van der Waals surface area contributed by atoms with Crippen molar-refractivity contribution in [2.24, 2.45) is 5.10 Å². The van der Waals surface area contributed by atoms with Crippen LogP contribution >= 0.6 is 23.2 Å². The third kappa shape index (κ3) is 8.00. The first-order valence-corrected chi connectivity index (χ1v) is 4.96. The second-order valence-electron chi connectivity index (χ2n) is 1.48. The molecule has 7 heteroatoms. The van der Waals surface area contributed by atoms with Crippen LogP contribution < -0.4 is 4.83 Å². The summed E-state index contributed by atoms with van der Waals surface area (Å²) in [7, 11) is -3.28. The zero-order valence-corrected chi connectivity index (χ0v) is 7.41. The molecule has 1 N–H and O–H groups in total. The van der Waals surface area contributed by atoms with Gasteiger partial charge in [0, 0.05) is 0 Å². The number of rotatable bonds is 3. The van der Waals surface area contributed by atoms with Crippen LogP contribution in [0.3, 0.4) is 0 Å². The van der Waals surface area contributed by atoms with E-state index in [-0.39, 0.29) is 0 Å². The summed E-state index contributed by atoms with van der Waals surface area (Å²) in [6.45, 7) is 0. The number of halogens is 2. The Bertz CT molecular complexity index is 211. The number of hydrogen-bond acceptors (Lipinski definition) is 3. The molecule has 0 aliphatic heterocycles. The summed E-state index contributed by atoms with van der Waals surface area (Å²) in [5.41, 5.74) is 0. The van der Waals surface area contributed by atoms with E-state index in [0.717, 1.165) is 12.5 Å². The molecule has 0 rings (SSSR count). The molecule has 0 spiro atoms. The molecule has 60 valence electrons. The lowest BCUT2D eigenvalue weighted by Gasteiger charge is -1.93. The number of hydrazone groups is 1. The summed E-state index contributed by atoms with van der Waals surface area (Å²) in [5, 5.41) is 3.22. The second-order valence-corrected chi connectivity index (χ2v) is 4.37. The third-order valence-corrected chi connectivity index (χ3v) is 1.07. The molecule has 0 radical (unpaired) electrons. The van der Waals surface area contributed by atoms with Gasteiger partial charge in [-0.15, -0.1) is 0 Å². The first-order valence-electron chi connectivity index (χ1n) is 2.20. The van der Waals surface area contributed by atoms with E-state index < -0.39 is 14.9 Å². The Kier molecular flexibility index (Phi) is 4.00. The maximum absolute atomic E-state index is 10.3. The molecular formula is C3H6Cl2N2O2S. The van der Waals surface area contributed by atoms with Crippen LogP contribution in [0.4, 0.5) is 0 Å². The largest absolute Gasteiger partial charge is 0.244 e. The molecule has 0 saturated carbocycles. The van der Waals surface area contributed by atoms with Crippen molar-refractivity contribution in [1.29, 1.82) is 0 Å². The number of alkyl halides is 2. The van der Waals surface area contributed by atoms with Gasteiger partial charge in [-0.25, -0.2) is 13.2 Å². The Morgan fingerprint density at radius 3 is 2.40 bits per heavy atom. The molecule has 0 bridgehead atoms. The van der Waals surface area contributed by atoms with Gasteiger partial charge in [0.05, 0.1) is 12.5 Å². The summed E-state index contributed by atoms with van der Waals surface area (Å²) >= 11 is 10.4. The second kappa shape index (κ2) is 4.00. The lowest BCUT2D eigenvalue weighted by molar-refractivity contribution is 0.591. The molecule has 0 heterocycles. The van der Waals surface area contributed by atoms with Gasteiger partial charge in [0.15, 0.2) is 0 Å². The molecule has 0 unspecified atom stereocenters. The van der Waals surface area contributed by atoms with Crippen molar-refractivity contribution in [2.45, 2.75) is 4.84 Å². The Morgan fingerprint density at radius 2 is 2.10 bits per heavy atom. The Morgan fingerprint density at radius 1 is 1.60 bits per heavy atom. The Labute approximate surface area is 69.3 Å². The van der Waals surface area contributed by atoms with Crippen molar-refractivity contribution in [3.8, 4) is 0 Å². The van der Waals surface area contributed by atoms with Crippen molar-refractivity contribution >= 4 is 39.4 Å². The van der Waals surface area contributed by atoms with Gasteiger partial charge in [0.1, 0.15) is 4.84 Å². The van der Waals surface area contributed by atoms with Crippen LogP contribution in [0, 0.1) is 0 Å². The van der Waals surface area contributed by atoms with Gasteiger partial charge >= 0.3 is 0 Å². The zero-order valence-electron chi connectivity index (χ0n) is 5.08. The summed E-state index contributed by atoms with van der Waals surface area (Å²) in [6, 6.07) is 0. The molecule has 10 heavy (non-hydrogen) atoms. The molecule has 0 aromatic heterocycles. The van der Waals surface area contributed by atoms with Gasteiger partial charge in [-0.2, -0.15) is 5.10 Å². The van der Waals surface area contributed by atoms with Gasteiger partial charge in [0.2, 0.25) is 10.0 Å². The van der Waals surface area contributed by atoms with Crippen LogP contribution in [0.2, 0.25) is 0 Å². The van der Waals surface area contributed by atoms with Gasteiger partial charge in [-0.3, -0.25) is 0 Å². The van der Waals surface area contributed by atoms with Crippen molar-refractivity contribution in [1.82, 2.24) is 4.83 Å². The van der Waals surface area contributed by atoms with Gasteiger partial charge in [0.25, 0.3) is 0 Å². The van der Waals surface area contributed by atoms with E-state index >= 15 is 0 Å². The lowest BCUT2D eigenvalue weighted by Crippen LogP contribution is -2.16. The monoisotopic (exact) mass is 204 g/mol. The Balaban J connectivity index is 3.77. The van der Waals surface area contributed by atoms with Crippen LogP contribution in [0.5, 0.6) is 0 Å². The summed E-state index contributed by atoms with van der Waals surface area (Å²) < 4.78 is 20.6. The van der Waals surface area contributed by atoms with E-state index in [2.05, 4.69) is 5.10 Å². The maximum atomic E-state index is 10.3. The molecule has 0 amide bonds. The SMILES string of the molecule is CS(=O)(=O)N/N=C\C(Cl)Cl. The van der Waals surface area contributed by atoms with E-state index in [1.54, 1.807) is 0 Å². The fourth-order valence-electron chi connectivity index (χ4n) is 0.183. The van der Waals surface area contributed by atoms with E-state index in [1.165, 1.54) is 0 Å². The topological polar surface area (TPSA) is 58.5 Å². The molecule has 0 aliphatic carbocycles. The van der Waals surface area contributed by atoms with Crippen LogP contribution in [-0.4, -0.2) is 25.7 Å². The minimum absolute atomic E-state index is 0.797. The van der Waals surface area contributed by atoms with Gasteiger partial charge < -0.3 is 0 Å². The maximum Gasteiger partial charge on any atom is 0.244 e. The quantitative estimate of drug-likeness (QED) is 0.410. The number of hydrogen-bond donors (Lipinski definition) is 1. The Hall–Kier alpha value is -0.000000000000000111. The first-order chi connectivity index (χ1) is 4.42. The van der Waals surface area contributed by atoms with Crippen LogP contribution in [-0.2, 0) is 10.0 Å². The average Bonchev–Trinajstić information content (AvgIpc) is 1.59. The van der Waals surface area contributed by atoms with E-state index in [1.807, 2.05) is 4.83 Å². The van der Waals surface area contributed by atoms with Crippen molar-refractivity contribution in [2.75, 3.05) is 6.26 Å². The van der Waals surface area contributed by atoms with Gasteiger partial charge in [-0.1, -0.05) is 23.2 Å². The standard InChI is InChI=1S/C3H6Cl2N2O2S/c1-10(8,9)7-6-2-3(4)5/h2-3,7H,1H3/b6-2-. The van der Waals surface area contributed by atoms with E-state index in [4.69, 9.17) is 23.2 Å². The average molecular weight is 205 g/mol. The van der Waals surface area contributed by atoms with E-state index in [9.17, 15) is 8.42 Å². The highest BCUT2D eigenvalue weighted by Crippen LogP contribution is 1.95. The van der Waals surface area contributed by atoms with Gasteiger partial charge in [-0.05, 0) is 0 Å². The lowest BCUT2D eigenvalue weighted by atomic mass is 10.9. The summed E-state index contributed by atoms with van der Waals surface area (Å²) in [4.78, 5) is 1.03. The fourth-order valence-corrected chi connectivity index (χ4v) is 0.548. The van der Waals surface area contributed by atoms with Crippen LogP contribution in [0.1, 0.15) is 0 Å². The molecule has 4 nitrogen and oxygen atoms in total. The van der Waals surface area contributed by atoms with Crippen LogP contribution in [0.15, 0.2) is 5.10 Å². The summed E-state index contributed by atoms with van der Waals surface area (Å²) in [6.07, 6.45) is 2.03. The molecule has 0 aromatic carbocycles. The highest BCUT2D eigenvalue weighted by molar-refractivity contribution is 7.88. The minimum atomic E-state index is -3.28. The smallest absolute Gasteiger partial charge is 0.206 e. The number of nitrogens with zero attached hydrogens (tertiary/aromatic N) is 1. The zero-order chi connectivity index (χ0) is 8.20. The molecule has 0 fully saturated rings.